The molecule has 2 aromatic rings. The molecule has 4 nitrogen and oxygen atoms in total. The van der Waals surface area contributed by atoms with E-state index in [1.165, 1.54) is 5.56 Å². The minimum atomic E-state index is -0.479. The fourth-order valence-corrected chi connectivity index (χ4v) is 3.48. The summed E-state index contributed by atoms with van der Waals surface area (Å²) in [6, 6.07) is 15.6. The van der Waals surface area contributed by atoms with Gasteiger partial charge in [-0.25, -0.2) is 0 Å². The number of aryl methyl sites for hydroxylation is 2. The van der Waals surface area contributed by atoms with Crippen LogP contribution in [0, 0.1) is 6.92 Å². The highest BCUT2D eigenvalue weighted by Gasteiger charge is 2.32. The predicted molar refractivity (Wildman–Crippen MR) is 104 cm³/mol. The maximum atomic E-state index is 12.9. The molecular formula is C22H26N2O2. The molecule has 0 radical (unpaired) electrons. The number of carbonyl (C=O) groups excluding carboxylic acids is 2. The molecule has 0 aromatic heterocycles. The van der Waals surface area contributed by atoms with E-state index >= 15 is 0 Å². The van der Waals surface area contributed by atoms with Crippen LogP contribution in [0.5, 0.6) is 0 Å². The number of hydrogen-bond acceptors (Lipinski definition) is 2. The number of hydrogen-bond donors (Lipinski definition) is 1. The summed E-state index contributed by atoms with van der Waals surface area (Å²) >= 11 is 0. The summed E-state index contributed by atoms with van der Waals surface area (Å²) in [6.07, 6.45) is 2.77. The van der Waals surface area contributed by atoms with Crippen molar-refractivity contribution in [1.82, 2.24) is 5.32 Å². The standard InChI is InChI=1S/C22H26N2O2/c1-3-19(22(26)23-15-17-13-11-16(2)12-14-17)24-20-9-5-4-7-18(20)8-6-10-21(24)25/h4-5,7,9,11-14,19H,3,6,8,10,15H2,1-2H3,(H,23,26). The molecule has 136 valence electrons. The molecule has 2 amide bonds. The molecule has 0 aliphatic carbocycles. The molecule has 0 fully saturated rings. The lowest BCUT2D eigenvalue weighted by atomic mass is 10.1. The minimum absolute atomic E-state index is 0.0345. The summed E-state index contributed by atoms with van der Waals surface area (Å²) in [5, 5.41) is 3.01. The zero-order chi connectivity index (χ0) is 18.5. The van der Waals surface area contributed by atoms with Crippen LogP contribution in [0.15, 0.2) is 48.5 Å². The molecule has 0 bridgehead atoms. The van der Waals surface area contributed by atoms with Crippen LogP contribution in [0.3, 0.4) is 0 Å². The van der Waals surface area contributed by atoms with Crippen molar-refractivity contribution in [3.63, 3.8) is 0 Å². The van der Waals surface area contributed by atoms with Gasteiger partial charge in [0, 0.05) is 18.7 Å². The van der Waals surface area contributed by atoms with Crippen LogP contribution in [0.4, 0.5) is 5.69 Å². The van der Waals surface area contributed by atoms with Crippen LogP contribution in [0.25, 0.3) is 0 Å². The van der Waals surface area contributed by atoms with Crippen molar-refractivity contribution < 1.29 is 9.59 Å². The fraction of sp³-hybridized carbons (Fsp3) is 0.364. The molecule has 1 aliphatic rings. The van der Waals surface area contributed by atoms with Crippen molar-refractivity contribution in [1.29, 1.82) is 0 Å². The van der Waals surface area contributed by atoms with Gasteiger partial charge in [0.25, 0.3) is 0 Å². The van der Waals surface area contributed by atoms with E-state index in [0.29, 0.717) is 19.4 Å². The van der Waals surface area contributed by atoms with E-state index in [1.54, 1.807) is 4.90 Å². The third kappa shape index (κ3) is 3.96. The molecule has 2 aromatic carbocycles. The summed E-state index contributed by atoms with van der Waals surface area (Å²) in [7, 11) is 0. The van der Waals surface area contributed by atoms with Crippen molar-refractivity contribution in [3.8, 4) is 0 Å². The molecule has 0 saturated carbocycles. The molecule has 1 heterocycles. The van der Waals surface area contributed by atoms with E-state index in [9.17, 15) is 9.59 Å². The SMILES string of the molecule is CCC(C(=O)NCc1ccc(C)cc1)N1C(=O)CCCc2ccccc21. The number of anilines is 1. The number of nitrogens with one attached hydrogen (secondary N) is 1. The molecule has 0 saturated heterocycles. The molecule has 0 spiro atoms. The van der Waals surface area contributed by atoms with Gasteiger partial charge in [-0.3, -0.25) is 14.5 Å². The average Bonchev–Trinajstić information content (AvgIpc) is 2.81. The number of fused-ring (bicyclic) bond motifs is 1. The first kappa shape index (κ1) is 18.2. The Labute approximate surface area is 155 Å². The van der Waals surface area contributed by atoms with Gasteiger partial charge in [-0.2, -0.15) is 0 Å². The van der Waals surface area contributed by atoms with Crippen molar-refractivity contribution in [2.24, 2.45) is 0 Å². The van der Waals surface area contributed by atoms with E-state index in [-0.39, 0.29) is 11.8 Å². The number of amides is 2. The van der Waals surface area contributed by atoms with Gasteiger partial charge in [0.05, 0.1) is 0 Å². The smallest absolute Gasteiger partial charge is 0.243 e. The van der Waals surface area contributed by atoms with Crippen molar-refractivity contribution >= 4 is 17.5 Å². The van der Waals surface area contributed by atoms with E-state index in [2.05, 4.69) is 11.4 Å². The molecular weight excluding hydrogens is 324 g/mol. The lowest BCUT2D eigenvalue weighted by Crippen LogP contribution is -2.49. The Kier molecular flexibility index (Phi) is 5.71. The maximum absolute atomic E-state index is 12.9. The van der Waals surface area contributed by atoms with Crippen LogP contribution >= 0.6 is 0 Å². The molecule has 1 aliphatic heterocycles. The normalized spacial score (nSPS) is 15.2. The molecule has 4 heteroatoms. The quantitative estimate of drug-likeness (QED) is 0.893. The zero-order valence-electron chi connectivity index (χ0n) is 15.5. The summed E-state index contributed by atoms with van der Waals surface area (Å²) < 4.78 is 0. The lowest BCUT2D eigenvalue weighted by Gasteiger charge is -2.30. The Morgan fingerprint density at radius 2 is 1.85 bits per heavy atom. The van der Waals surface area contributed by atoms with Gasteiger partial charge in [0.2, 0.25) is 11.8 Å². The number of benzene rings is 2. The largest absolute Gasteiger partial charge is 0.350 e. The molecule has 1 atom stereocenters. The van der Waals surface area contributed by atoms with Crippen LogP contribution in [-0.2, 0) is 22.6 Å². The van der Waals surface area contributed by atoms with Gasteiger partial charge in [-0.1, -0.05) is 55.0 Å². The number of nitrogens with zero attached hydrogens (tertiary/aromatic N) is 1. The van der Waals surface area contributed by atoms with Gasteiger partial charge < -0.3 is 5.32 Å². The predicted octanol–water partition coefficient (Wildman–Crippen LogP) is 3.76. The average molecular weight is 350 g/mol. The second kappa shape index (κ2) is 8.17. The molecule has 1 unspecified atom stereocenters. The summed E-state index contributed by atoms with van der Waals surface area (Å²) in [6.45, 7) is 4.47. The van der Waals surface area contributed by atoms with E-state index in [0.717, 1.165) is 29.7 Å². The second-order valence-corrected chi connectivity index (χ2v) is 6.87. The van der Waals surface area contributed by atoms with Crippen LogP contribution in [0.1, 0.15) is 42.9 Å². The summed E-state index contributed by atoms with van der Waals surface area (Å²) in [4.78, 5) is 27.3. The van der Waals surface area contributed by atoms with Crippen LogP contribution in [-0.4, -0.2) is 17.9 Å². The highest BCUT2D eigenvalue weighted by Crippen LogP contribution is 2.29. The Hall–Kier alpha value is -2.62. The van der Waals surface area contributed by atoms with Gasteiger partial charge >= 0.3 is 0 Å². The highest BCUT2D eigenvalue weighted by molar-refractivity contribution is 6.01. The maximum Gasteiger partial charge on any atom is 0.243 e. The minimum Gasteiger partial charge on any atom is -0.350 e. The number of carbonyl (C=O) groups is 2. The summed E-state index contributed by atoms with van der Waals surface area (Å²) in [5.41, 5.74) is 4.27. The van der Waals surface area contributed by atoms with Gasteiger partial charge in [-0.05, 0) is 43.4 Å². The second-order valence-electron chi connectivity index (χ2n) is 6.87. The Morgan fingerprint density at radius 3 is 2.58 bits per heavy atom. The first-order chi connectivity index (χ1) is 12.6. The Bertz CT molecular complexity index is 783. The fourth-order valence-electron chi connectivity index (χ4n) is 3.48. The van der Waals surface area contributed by atoms with Gasteiger partial charge in [0.1, 0.15) is 6.04 Å². The van der Waals surface area contributed by atoms with E-state index in [4.69, 9.17) is 0 Å². The van der Waals surface area contributed by atoms with Gasteiger partial charge in [0.15, 0.2) is 0 Å². The highest BCUT2D eigenvalue weighted by atomic mass is 16.2. The van der Waals surface area contributed by atoms with Crippen molar-refractivity contribution in [2.75, 3.05) is 4.90 Å². The van der Waals surface area contributed by atoms with Crippen LogP contribution in [0.2, 0.25) is 0 Å². The first-order valence-corrected chi connectivity index (χ1v) is 9.33. The number of para-hydroxylation sites is 1. The third-order valence-corrected chi connectivity index (χ3v) is 4.94. The van der Waals surface area contributed by atoms with Gasteiger partial charge in [-0.15, -0.1) is 0 Å². The first-order valence-electron chi connectivity index (χ1n) is 9.33. The van der Waals surface area contributed by atoms with E-state index in [1.807, 2.05) is 56.3 Å². The topological polar surface area (TPSA) is 49.4 Å². The summed E-state index contributed by atoms with van der Waals surface area (Å²) in [5.74, 6) is -0.0644. The lowest BCUT2D eigenvalue weighted by molar-refractivity contribution is -0.126. The number of rotatable bonds is 5. The monoisotopic (exact) mass is 350 g/mol. The van der Waals surface area contributed by atoms with Crippen molar-refractivity contribution in [3.05, 3.63) is 65.2 Å². The molecule has 3 rings (SSSR count). The molecule has 1 N–H and O–H groups in total. The third-order valence-electron chi connectivity index (χ3n) is 4.94. The van der Waals surface area contributed by atoms with E-state index < -0.39 is 6.04 Å². The van der Waals surface area contributed by atoms with Crippen molar-refractivity contribution in [2.45, 2.75) is 52.1 Å². The molecule has 26 heavy (non-hydrogen) atoms. The Balaban J connectivity index is 1.79. The van der Waals surface area contributed by atoms with Crippen LogP contribution < -0.4 is 10.2 Å². The zero-order valence-corrected chi connectivity index (χ0v) is 15.5. The Morgan fingerprint density at radius 1 is 1.12 bits per heavy atom.